The van der Waals surface area contributed by atoms with Crippen molar-refractivity contribution in [3.63, 3.8) is 0 Å². The van der Waals surface area contributed by atoms with E-state index in [1.807, 2.05) is 42.2 Å². The Morgan fingerprint density at radius 1 is 1.21 bits per heavy atom. The van der Waals surface area contributed by atoms with E-state index in [1.54, 1.807) is 0 Å². The third kappa shape index (κ3) is 4.37. The minimum absolute atomic E-state index is 0.0494. The lowest BCUT2D eigenvalue weighted by atomic mass is 9.80. The van der Waals surface area contributed by atoms with Crippen molar-refractivity contribution in [2.75, 3.05) is 13.1 Å². The van der Waals surface area contributed by atoms with Crippen molar-refractivity contribution in [1.82, 2.24) is 10.2 Å². The van der Waals surface area contributed by atoms with Crippen molar-refractivity contribution in [1.29, 1.82) is 0 Å². The molecule has 1 atom stereocenters. The molecule has 0 unspecified atom stereocenters. The molecule has 1 heterocycles. The van der Waals surface area contributed by atoms with Crippen molar-refractivity contribution in [2.45, 2.75) is 53.0 Å². The molecule has 1 saturated heterocycles. The quantitative estimate of drug-likeness (QED) is 0.869. The van der Waals surface area contributed by atoms with Crippen LogP contribution in [0.15, 0.2) is 30.3 Å². The molecule has 4 heteroatoms. The highest BCUT2D eigenvalue weighted by atomic mass is 16.2. The molecule has 0 radical (unpaired) electrons. The van der Waals surface area contributed by atoms with Gasteiger partial charge in [0.2, 0.25) is 11.8 Å². The fraction of sp³-hybridized carbons (Fsp3) is 0.600. The summed E-state index contributed by atoms with van der Waals surface area (Å²) in [6, 6.07) is 9.92. The predicted octanol–water partition coefficient (Wildman–Crippen LogP) is 3.37. The molecule has 4 nitrogen and oxygen atoms in total. The monoisotopic (exact) mass is 330 g/mol. The Labute approximate surface area is 145 Å². The van der Waals surface area contributed by atoms with Gasteiger partial charge in [0.15, 0.2) is 0 Å². The molecule has 0 bridgehead atoms. The van der Waals surface area contributed by atoms with E-state index < -0.39 is 5.41 Å². The van der Waals surface area contributed by atoms with E-state index in [0.29, 0.717) is 13.1 Å². The van der Waals surface area contributed by atoms with Gasteiger partial charge in [-0.15, -0.1) is 0 Å². The molecule has 1 aromatic rings. The number of rotatable bonds is 6. The lowest BCUT2D eigenvalue weighted by molar-refractivity contribution is -0.143. The van der Waals surface area contributed by atoms with Crippen LogP contribution in [-0.2, 0) is 16.1 Å². The second-order valence-corrected chi connectivity index (χ2v) is 7.11. The van der Waals surface area contributed by atoms with Gasteiger partial charge in [0.25, 0.3) is 0 Å². The lowest BCUT2D eigenvalue weighted by Gasteiger charge is -2.40. The van der Waals surface area contributed by atoms with Gasteiger partial charge < -0.3 is 10.2 Å². The van der Waals surface area contributed by atoms with Gasteiger partial charge in [-0.05, 0) is 38.2 Å². The molecule has 1 aliphatic heterocycles. The number of hydrogen-bond donors (Lipinski definition) is 1. The second-order valence-electron chi connectivity index (χ2n) is 7.11. The third-order valence-corrected chi connectivity index (χ3v) is 5.19. The summed E-state index contributed by atoms with van der Waals surface area (Å²) in [5, 5.41) is 3.05. The first kappa shape index (κ1) is 18.5. The highest BCUT2D eigenvalue weighted by Gasteiger charge is 2.39. The van der Waals surface area contributed by atoms with Crippen LogP contribution in [0.2, 0.25) is 0 Å². The van der Waals surface area contributed by atoms with Crippen molar-refractivity contribution in [3.8, 4) is 0 Å². The zero-order chi connectivity index (χ0) is 17.6. The maximum absolute atomic E-state index is 12.7. The van der Waals surface area contributed by atoms with Gasteiger partial charge in [-0.1, -0.05) is 44.2 Å². The predicted molar refractivity (Wildman–Crippen MR) is 96.3 cm³/mol. The van der Waals surface area contributed by atoms with Gasteiger partial charge >= 0.3 is 0 Å². The number of benzene rings is 1. The summed E-state index contributed by atoms with van der Waals surface area (Å²) >= 11 is 0. The number of amides is 2. The first-order valence-electron chi connectivity index (χ1n) is 9.11. The number of nitrogens with one attached hydrogen (secondary N) is 1. The van der Waals surface area contributed by atoms with E-state index in [0.717, 1.165) is 37.8 Å². The number of hydrogen-bond acceptors (Lipinski definition) is 2. The summed E-state index contributed by atoms with van der Waals surface area (Å²) in [7, 11) is 0. The van der Waals surface area contributed by atoms with Crippen LogP contribution in [0, 0.1) is 11.3 Å². The summed E-state index contributed by atoms with van der Waals surface area (Å²) in [6.07, 6.45) is 3.45. The van der Waals surface area contributed by atoms with Crippen molar-refractivity contribution in [2.24, 2.45) is 11.3 Å². The first-order valence-corrected chi connectivity index (χ1v) is 9.11. The first-order chi connectivity index (χ1) is 11.5. The molecule has 0 aromatic heterocycles. The molecule has 2 amide bonds. The van der Waals surface area contributed by atoms with Gasteiger partial charge in [-0.3, -0.25) is 9.59 Å². The Hall–Kier alpha value is -1.84. The van der Waals surface area contributed by atoms with Gasteiger partial charge in [0.05, 0.1) is 5.41 Å². The number of carbonyl (C=O) groups excluding carboxylic acids is 2. The van der Waals surface area contributed by atoms with Gasteiger partial charge in [-0.2, -0.15) is 0 Å². The third-order valence-electron chi connectivity index (χ3n) is 5.19. The van der Waals surface area contributed by atoms with Crippen molar-refractivity contribution >= 4 is 11.8 Å². The maximum Gasteiger partial charge on any atom is 0.227 e. The van der Waals surface area contributed by atoms with Crippen molar-refractivity contribution in [3.05, 3.63) is 35.9 Å². The van der Waals surface area contributed by atoms with E-state index in [9.17, 15) is 9.59 Å². The minimum Gasteiger partial charge on any atom is -0.351 e. The zero-order valence-electron chi connectivity index (χ0n) is 15.2. The highest BCUT2D eigenvalue weighted by molar-refractivity contribution is 5.84. The largest absolute Gasteiger partial charge is 0.351 e. The molecule has 1 N–H and O–H groups in total. The van der Waals surface area contributed by atoms with Gasteiger partial charge in [0.1, 0.15) is 0 Å². The molecule has 1 aliphatic rings. The Kier molecular flexibility index (Phi) is 6.41. The summed E-state index contributed by atoms with van der Waals surface area (Å²) in [5.41, 5.74) is 0.601. The van der Waals surface area contributed by atoms with Gasteiger partial charge in [0, 0.05) is 25.6 Å². The Morgan fingerprint density at radius 3 is 2.50 bits per heavy atom. The number of carbonyl (C=O) groups is 2. The summed E-state index contributed by atoms with van der Waals surface area (Å²) in [6.45, 7) is 7.94. The molecule has 132 valence electrons. The Bertz CT molecular complexity index is 554. The molecular weight excluding hydrogens is 300 g/mol. The highest BCUT2D eigenvalue weighted by Crippen LogP contribution is 2.31. The van der Waals surface area contributed by atoms with Crippen LogP contribution in [0.1, 0.15) is 52.0 Å². The van der Waals surface area contributed by atoms with Crippen molar-refractivity contribution < 1.29 is 9.59 Å². The minimum atomic E-state index is -0.491. The topological polar surface area (TPSA) is 49.4 Å². The standard InChI is InChI=1S/C20H30N2O2/c1-4-17(5-2)18(23)22-13-9-12-20(3,15-22)19(24)21-14-16-10-7-6-8-11-16/h6-8,10-11,17H,4-5,9,12-15H2,1-3H3,(H,21,24)/t20-/m1/s1. The van der Waals surface area contributed by atoms with Crippen LogP contribution in [0.25, 0.3) is 0 Å². The lowest BCUT2D eigenvalue weighted by Crippen LogP contribution is -2.52. The van der Waals surface area contributed by atoms with Crippen LogP contribution >= 0.6 is 0 Å². The fourth-order valence-electron chi connectivity index (χ4n) is 3.50. The SMILES string of the molecule is CCC(CC)C(=O)N1CCC[C@@](C)(C(=O)NCc2ccccc2)C1. The van der Waals surface area contributed by atoms with E-state index in [2.05, 4.69) is 19.2 Å². The maximum atomic E-state index is 12.7. The number of likely N-dealkylation sites (tertiary alicyclic amines) is 1. The molecule has 24 heavy (non-hydrogen) atoms. The molecule has 0 aliphatic carbocycles. The van der Waals surface area contributed by atoms with E-state index in [1.165, 1.54) is 0 Å². The fourth-order valence-corrected chi connectivity index (χ4v) is 3.50. The zero-order valence-corrected chi connectivity index (χ0v) is 15.2. The van der Waals surface area contributed by atoms with Gasteiger partial charge in [-0.25, -0.2) is 0 Å². The van der Waals surface area contributed by atoms with E-state index in [-0.39, 0.29) is 17.7 Å². The summed E-state index contributed by atoms with van der Waals surface area (Å²) in [4.78, 5) is 27.3. The molecule has 0 spiro atoms. The summed E-state index contributed by atoms with van der Waals surface area (Å²) in [5.74, 6) is 0.343. The van der Waals surface area contributed by atoms with Crippen LogP contribution < -0.4 is 5.32 Å². The number of piperidine rings is 1. The number of nitrogens with zero attached hydrogens (tertiary/aromatic N) is 1. The van der Waals surface area contributed by atoms with Crippen LogP contribution in [0.5, 0.6) is 0 Å². The van der Waals surface area contributed by atoms with Crippen LogP contribution in [0.3, 0.4) is 0 Å². The van der Waals surface area contributed by atoms with E-state index in [4.69, 9.17) is 0 Å². The molecule has 0 saturated carbocycles. The Morgan fingerprint density at radius 2 is 1.88 bits per heavy atom. The average molecular weight is 330 g/mol. The smallest absolute Gasteiger partial charge is 0.227 e. The Balaban J connectivity index is 1.97. The van der Waals surface area contributed by atoms with Crippen LogP contribution in [0.4, 0.5) is 0 Å². The molecule has 2 rings (SSSR count). The molecule has 1 aromatic carbocycles. The molecule has 1 fully saturated rings. The molecular formula is C20H30N2O2. The van der Waals surface area contributed by atoms with E-state index >= 15 is 0 Å². The second kappa shape index (κ2) is 8.32. The van der Waals surface area contributed by atoms with Crippen LogP contribution in [-0.4, -0.2) is 29.8 Å². The average Bonchev–Trinajstić information content (AvgIpc) is 2.61. The summed E-state index contributed by atoms with van der Waals surface area (Å²) < 4.78 is 0. The normalized spacial score (nSPS) is 20.9.